The van der Waals surface area contributed by atoms with Crippen LogP contribution in [0, 0.1) is 6.92 Å². The van der Waals surface area contributed by atoms with Gasteiger partial charge in [-0.15, -0.1) is 0 Å². The molecule has 1 unspecified atom stereocenters. The molecule has 1 saturated heterocycles. The maximum atomic E-state index is 13.1. The fourth-order valence-corrected chi connectivity index (χ4v) is 6.90. The largest absolute Gasteiger partial charge is 0.444 e. The minimum atomic E-state index is -2.89. The van der Waals surface area contributed by atoms with E-state index in [1.54, 1.807) is 11.0 Å². The minimum Gasteiger partial charge on any atom is -0.444 e. The van der Waals surface area contributed by atoms with Crippen molar-refractivity contribution < 1.29 is 23.4 Å². The molecule has 0 aliphatic carbocycles. The maximum Gasteiger partial charge on any atom is 0.412 e. The second-order valence-electron chi connectivity index (χ2n) is 12.1. The lowest BCUT2D eigenvalue weighted by molar-refractivity contribution is -0.0620. The van der Waals surface area contributed by atoms with Crippen molar-refractivity contribution in [2.24, 2.45) is 0 Å². The van der Waals surface area contributed by atoms with Crippen molar-refractivity contribution >= 4 is 39.1 Å². The van der Waals surface area contributed by atoms with Gasteiger partial charge in [0.25, 0.3) is 0 Å². The van der Waals surface area contributed by atoms with Gasteiger partial charge in [-0.1, -0.05) is 29.8 Å². The number of benzene rings is 2. The van der Waals surface area contributed by atoms with Gasteiger partial charge in [0, 0.05) is 36.8 Å². The summed E-state index contributed by atoms with van der Waals surface area (Å²) >= 11 is 0. The molecule has 1 atom stereocenters. The lowest BCUT2D eigenvalue weighted by atomic mass is 10.1. The minimum absolute atomic E-state index is 0.236. The number of hydrogen-bond donors (Lipinski definition) is 3. The number of hydrogen-bond acceptors (Lipinski definition) is 8. The number of rotatable bonds is 4. The van der Waals surface area contributed by atoms with Crippen molar-refractivity contribution in [3.05, 3.63) is 59.7 Å². The van der Waals surface area contributed by atoms with Gasteiger partial charge >= 0.3 is 6.09 Å². The van der Waals surface area contributed by atoms with E-state index in [1.165, 1.54) is 0 Å². The third-order valence-electron chi connectivity index (χ3n) is 7.30. The molecular formula is C30H40N4O5S. The number of fused-ring (bicyclic) bond motifs is 2. The standard InChI is InChI=1S/C30H40N4O5S/c1-20-11-12-24-23(15-20)25(31-17-22-19-38-30(5,6)34(22)28(35)39-29(2,3)4)16-27(32-24)33-13-14-40(36,37)26-10-8-7-9-21(26)18-33/h7-12,15-16,22,36-37H,13-14,17-19H2,1-6H3,(H,31,32). The highest BCUT2D eigenvalue weighted by Gasteiger charge is 2.45. The highest BCUT2D eigenvalue weighted by atomic mass is 32.3. The molecule has 3 heterocycles. The summed E-state index contributed by atoms with van der Waals surface area (Å²) in [5.41, 5.74) is 2.32. The van der Waals surface area contributed by atoms with Gasteiger partial charge in [0.1, 0.15) is 17.1 Å². The molecule has 1 aromatic heterocycles. The highest BCUT2D eigenvalue weighted by Crippen LogP contribution is 2.51. The van der Waals surface area contributed by atoms with E-state index in [0.717, 1.165) is 33.5 Å². The molecular weight excluding hydrogens is 528 g/mol. The average Bonchev–Trinajstić information content (AvgIpc) is 3.10. The number of ether oxygens (including phenoxy) is 2. The summed E-state index contributed by atoms with van der Waals surface area (Å²) in [6, 6.07) is 15.4. The molecule has 9 nitrogen and oxygen atoms in total. The molecule has 216 valence electrons. The van der Waals surface area contributed by atoms with Crippen LogP contribution < -0.4 is 10.2 Å². The first-order valence-electron chi connectivity index (χ1n) is 13.6. The van der Waals surface area contributed by atoms with Gasteiger partial charge in [-0.05, 0) is 65.3 Å². The fraction of sp³-hybridized carbons (Fsp3) is 0.467. The molecule has 0 spiro atoms. The molecule has 0 saturated carbocycles. The Morgan fingerprint density at radius 1 is 1.20 bits per heavy atom. The zero-order valence-corrected chi connectivity index (χ0v) is 24.9. The van der Waals surface area contributed by atoms with Crippen molar-refractivity contribution in [2.75, 3.05) is 35.7 Å². The van der Waals surface area contributed by atoms with E-state index in [1.807, 2.05) is 77.9 Å². The van der Waals surface area contributed by atoms with Gasteiger partial charge < -0.3 is 19.7 Å². The Morgan fingerprint density at radius 3 is 2.70 bits per heavy atom. The van der Waals surface area contributed by atoms with Crippen LogP contribution in [-0.4, -0.2) is 67.9 Å². The second kappa shape index (κ2) is 10.4. The van der Waals surface area contributed by atoms with Crippen molar-refractivity contribution in [1.82, 2.24) is 9.88 Å². The van der Waals surface area contributed by atoms with Gasteiger partial charge in [-0.25, -0.2) is 9.78 Å². The van der Waals surface area contributed by atoms with Crippen molar-refractivity contribution in [1.29, 1.82) is 0 Å². The van der Waals surface area contributed by atoms with E-state index < -0.39 is 28.0 Å². The van der Waals surface area contributed by atoms with E-state index in [0.29, 0.717) is 31.1 Å². The average molecular weight is 569 g/mol. The first-order valence-corrected chi connectivity index (χ1v) is 15.4. The lowest BCUT2D eigenvalue weighted by Gasteiger charge is -2.35. The number of carbonyl (C=O) groups excluding carboxylic acids is 1. The van der Waals surface area contributed by atoms with E-state index in [2.05, 4.69) is 16.3 Å². The fourth-order valence-electron chi connectivity index (χ4n) is 5.36. The second-order valence-corrected chi connectivity index (χ2v) is 14.3. The number of anilines is 2. The summed E-state index contributed by atoms with van der Waals surface area (Å²) in [7, 11) is -2.89. The predicted molar refractivity (Wildman–Crippen MR) is 160 cm³/mol. The number of pyridine rings is 1. The van der Waals surface area contributed by atoms with Gasteiger partial charge in [-0.3, -0.25) is 14.0 Å². The van der Waals surface area contributed by atoms with Crippen LogP contribution in [0.5, 0.6) is 0 Å². The Bertz CT molecular complexity index is 1420. The van der Waals surface area contributed by atoms with Crippen molar-refractivity contribution in [2.45, 2.75) is 70.4 Å². The first-order chi connectivity index (χ1) is 18.7. The number of nitrogens with zero attached hydrogens (tertiary/aromatic N) is 3. The number of aryl methyl sites for hydroxylation is 1. The first kappa shape index (κ1) is 28.5. The Morgan fingerprint density at radius 2 is 1.95 bits per heavy atom. The zero-order chi connectivity index (χ0) is 28.9. The summed E-state index contributed by atoms with van der Waals surface area (Å²) in [4.78, 5) is 22.5. The van der Waals surface area contributed by atoms with Crippen LogP contribution >= 0.6 is 10.6 Å². The molecule has 10 heteroatoms. The van der Waals surface area contributed by atoms with Crippen molar-refractivity contribution in [3.63, 3.8) is 0 Å². The van der Waals surface area contributed by atoms with Crippen LogP contribution in [0.15, 0.2) is 53.4 Å². The molecule has 1 fully saturated rings. The van der Waals surface area contributed by atoms with Gasteiger partial charge in [0.2, 0.25) is 0 Å². The SMILES string of the molecule is Cc1ccc2nc(N3CCS(O)(O)c4ccccc4C3)cc(NCC3COC(C)(C)N3C(=O)OC(C)(C)C)c2c1. The van der Waals surface area contributed by atoms with Crippen molar-refractivity contribution in [3.8, 4) is 0 Å². The van der Waals surface area contributed by atoms with Crippen LogP contribution in [0.4, 0.5) is 16.3 Å². The van der Waals surface area contributed by atoms with Gasteiger partial charge in [0.05, 0.1) is 28.8 Å². The summed E-state index contributed by atoms with van der Waals surface area (Å²) in [5, 5.41) is 4.56. The third-order valence-corrected chi connectivity index (χ3v) is 9.15. The van der Waals surface area contributed by atoms with Gasteiger partial charge in [0.15, 0.2) is 0 Å². The van der Waals surface area contributed by atoms with E-state index >= 15 is 0 Å². The molecule has 5 rings (SSSR count). The van der Waals surface area contributed by atoms with Crippen LogP contribution in [0.3, 0.4) is 0 Å². The molecule has 0 radical (unpaired) electrons. The molecule has 2 aliphatic rings. The molecule has 2 aliphatic heterocycles. The summed E-state index contributed by atoms with van der Waals surface area (Å²) < 4.78 is 33.4. The molecule has 40 heavy (non-hydrogen) atoms. The number of carbonyl (C=O) groups is 1. The summed E-state index contributed by atoms with van der Waals surface area (Å²) in [5.74, 6) is 0.984. The van der Waals surface area contributed by atoms with Crippen LogP contribution in [0.2, 0.25) is 0 Å². The monoisotopic (exact) mass is 568 g/mol. The van der Waals surface area contributed by atoms with Gasteiger partial charge in [-0.2, -0.15) is 10.6 Å². The summed E-state index contributed by atoms with van der Waals surface area (Å²) in [6.07, 6.45) is -0.403. The van der Waals surface area contributed by atoms with Crippen LogP contribution in [-0.2, 0) is 16.0 Å². The lowest BCUT2D eigenvalue weighted by Crippen LogP contribution is -2.51. The smallest absolute Gasteiger partial charge is 0.412 e. The molecule has 1 amide bonds. The number of amides is 1. The molecule has 3 aromatic rings. The van der Waals surface area contributed by atoms with E-state index in [9.17, 15) is 13.9 Å². The number of nitrogens with one attached hydrogen (secondary N) is 1. The predicted octanol–water partition coefficient (Wildman–Crippen LogP) is 6.46. The Hall–Kier alpha value is -3.05. The zero-order valence-electron chi connectivity index (χ0n) is 24.1. The Balaban J connectivity index is 1.46. The highest BCUT2D eigenvalue weighted by molar-refractivity contribution is 8.24. The Kier molecular flexibility index (Phi) is 7.41. The Labute approximate surface area is 237 Å². The maximum absolute atomic E-state index is 13.1. The van der Waals surface area contributed by atoms with Crippen LogP contribution in [0.1, 0.15) is 45.7 Å². The molecule has 2 aromatic carbocycles. The topological polar surface area (TPSA) is 107 Å². The molecule has 3 N–H and O–H groups in total. The van der Waals surface area contributed by atoms with Crippen LogP contribution in [0.25, 0.3) is 10.9 Å². The summed E-state index contributed by atoms with van der Waals surface area (Å²) in [6.45, 7) is 13.2. The number of aromatic nitrogens is 1. The third kappa shape index (κ3) is 5.85. The van der Waals surface area contributed by atoms with E-state index in [-0.39, 0.29) is 11.8 Å². The normalized spacial score (nSPS) is 21.1. The van der Waals surface area contributed by atoms with E-state index in [4.69, 9.17) is 14.5 Å². The quantitative estimate of drug-likeness (QED) is 0.329. The molecule has 0 bridgehead atoms.